The highest BCUT2D eigenvalue weighted by Crippen LogP contribution is 2.38. The van der Waals surface area contributed by atoms with Crippen LogP contribution in [0.25, 0.3) is 11.3 Å². The molecule has 6 heteroatoms. The second kappa shape index (κ2) is 6.90. The molecule has 1 heterocycles. The number of methoxy groups -OCH3 is 1. The van der Waals surface area contributed by atoms with E-state index in [-0.39, 0.29) is 0 Å². The molecule has 0 unspecified atom stereocenters. The lowest BCUT2D eigenvalue weighted by Gasteiger charge is -2.09. The van der Waals surface area contributed by atoms with E-state index in [2.05, 4.69) is 4.57 Å². The zero-order valence-corrected chi connectivity index (χ0v) is 15.3. The van der Waals surface area contributed by atoms with Crippen LogP contribution in [-0.4, -0.2) is 24.2 Å². The van der Waals surface area contributed by atoms with Crippen molar-refractivity contribution in [1.82, 2.24) is 4.57 Å². The van der Waals surface area contributed by atoms with Gasteiger partial charge in [-0.25, -0.2) is 4.99 Å². The fourth-order valence-corrected chi connectivity index (χ4v) is 4.47. The van der Waals surface area contributed by atoms with E-state index in [0.717, 1.165) is 34.6 Å². The van der Waals surface area contributed by atoms with Gasteiger partial charge in [-0.15, -0.1) is 11.3 Å². The Morgan fingerprint density at radius 3 is 2.81 bits per heavy atom. The zero-order chi connectivity index (χ0) is 18.1. The van der Waals surface area contributed by atoms with E-state index < -0.39 is 5.91 Å². The van der Waals surface area contributed by atoms with Gasteiger partial charge in [0.05, 0.1) is 18.0 Å². The molecular formula is C20H19N3O2S. The van der Waals surface area contributed by atoms with Crippen molar-refractivity contribution in [2.75, 3.05) is 13.7 Å². The van der Waals surface area contributed by atoms with E-state index in [0.29, 0.717) is 12.2 Å². The second-order valence-corrected chi connectivity index (χ2v) is 7.22. The van der Waals surface area contributed by atoms with Gasteiger partial charge in [-0.2, -0.15) is 0 Å². The minimum absolute atomic E-state index is 0.393. The topological polar surface area (TPSA) is 69.6 Å². The molecule has 0 aliphatic heterocycles. The number of benzene rings is 2. The van der Waals surface area contributed by atoms with E-state index >= 15 is 0 Å². The van der Waals surface area contributed by atoms with Gasteiger partial charge in [0.25, 0.3) is 0 Å². The summed E-state index contributed by atoms with van der Waals surface area (Å²) < 4.78 is 7.51. The van der Waals surface area contributed by atoms with Crippen molar-refractivity contribution in [3.8, 4) is 11.3 Å². The van der Waals surface area contributed by atoms with Gasteiger partial charge in [0.2, 0.25) is 5.91 Å². The van der Waals surface area contributed by atoms with Crippen LogP contribution in [0.2, 0.25) is 0 Å². The molecule has 1 aromatic heterocycles. The maximum absolute atomic E-state index is 11.5. The summed E-state index contributed by atoms with van der Waals surface area (Å²) in [5, 5.41) is 0. The Kier molecular flexibility index (Phi) is 4.44. The number of fused-ring (bicyclic) bond motifs is 3. The van der Waals surface area contributed by atoms with E-state index in [1.165, 1.54) is 10.6 Å². The van der Waals surface area contributed by atoms with Gasteiger partial charge < -0.3 is 15.0 Å². The Morgan fingerprint density at radius 2 is 2.08 bits per heavy atom. The van der Waals surface area contributed by atoms with Crippen LogP contribution < -0.4 is 10.5 Å². The second-order valence-electron chi connectivity index (χ2n) is 6.16. The summed E-state index contributed by atoms with van der Waals surface area (Å²) in [6.07, 6.45) is 0.799. The van der Waals surface area contributed by atoms with Gasteiger partial charge in [-0.1, -0.05) is 24.3 Å². The number of rotatable bonds is 5. The summed E-state index contributed by atoms with van der Waals surface area (Å²) >= 11 is 1.69. The number of ether oxygens (including phenoxy) is 1. The van der Waals surface area contributed by atoms with Crippen LogP contribution in [0.1, 0.15) is 20.8 Å². The van der Waals surface area contributed by atoms with Crippen LogP contribution in [0, 0.1) is 0 Å². The number of hydrogen-bond donors (Lipinski definition) is 1. The summed E-state index contributed by atoms with van der Waals surface area (Å²) in [5.74, 6) is -0.393. The first-order chi connectivity index (χ1) is 12.7. The van der Waals surface area contributed by atoms with Crippen LogP contribution in [0.4, 0.5) is 5.69 Å². The molecule has 0 spiro atoms. The minimum Gasteiger partial charge on any atom is -0.383 e. The van der Waals surface area contributed by atoms with Gasteiger partial charge >= 0.3 is 0 Å². The maximum atomic E-state index is 11.5. The third kappa shape index (κ3) is 2.98. The molecule has 5 nitrogen and oxygen atoms in total. The molecule has 0 radical (unpaired) electrons. The molecule has 0 atom stereocenters. The van der Waals surface area contributed by atoms with E-state index in [9.17, 15) is 4.79 Å². The first-order valence-corrected chi connectivity index (χ1v) is 9.23. The largest absolute Gasteiger partial charge is 0.383 e. The van der Waals surface area contributed by atoms with Crippen molar-refractivity contribution in [1.29, 1.82) is 0 Å². The molecule has 1 aliphatic rings. The van der Waals surface area contributed by atoms with Crippen molar-refractivity contribution < 1.29 is 9.53 Å². The van der Waals surface area contributed by atoms with Crippen molar-refractivity contribution in [3.63, 3.8) is 0 Å². The highest BCUT2D eigenvalue weighted by Gasteiger charge is 2.25. The highest BCUT2D eigenvalue weighted by molar-refractivity contribution is 7.09. The molecule has 4 rings (SSSR count). The first-order valence-electron chi connectivity index (χ1n) is 8.41. The number of hydrogen-bond acceptors (Lipinski definition) is 4. The Morgan fingerprint density at radius 1 is 1.27 bits per heavy atom. The molecule has 2 N–H and O–H groups in total. The molecule has 1 aliphatic carbocycles. The lowest BCUT2D eigenvalue weighted by molar-refractivity contribution is 0.1000. The molecule has 132 valence electrons. The Hall–Kier alpha value is -2.70. The van der Waals surface area contributed by atoms with E-state index in [1.54, 1.807) is 24.5 Å². The number of carbonyl (C=O) groups is 1. The number of carbonyl (C=O) groups excluding carboxylic acids is 1. The zero-order valence-electron chi connectivity index (χ0n) is 14.4. The molecule has 1 amide bonds. The molecule has 0 saturated carbocycles. The van der Waals surface area contributed by atoms with Gasteiger partial charge in [-0.3, -0.25) is 4.79 Å². The van der Waals surface area contributed by atoms with E-state index in [1.807, 2.05) is 42.5 Å². The van der Waals surface area contributed by atoms with Crippen molar-refractivity contribution >= 4 is 22.9 Å². The number of aromatic nitrogens is 1. The molecule has 0 fully saturated rings. The third-order valence-corrected chi connectivity index (χ3v) is 5.55. The summed E-state index contributed by atoms with van der Waals surface area (Å²) in [5.41, 5.74) is 10.4. The lowest BCUT2D eigenvalue weighted by Crippen LogP contribution is -2.18. The number of thiazole rings is 1. The molecule has 26 heavy (non-hydrogen) atoms. The van der Waals surface area contributed by atoms with Crippen LogP contribution in [0.3, 0.4) is 0 Å². The van der Waals surface area contributed by atoms with Crippen LogP contribution in [0.15, 0.2) is 53.5 Å². The number of amides is 1. The lowest BCUT2D eigenvalue weighted by atomic mass is 10.1. The van der Waals surface area contributed by atoms with Crippen molar-refractivity contribution in [2.45, 2.75) is 13.0 Å². The average Bonchev–Trinajstić information content (AvgIpc) is 3.15. The smallest absolute Gasteiger partial charge is 0.248 e. The minimum atomic E-state index is -0.393. The number of primary amides is 1. The molecule has 0 bridgehead atoms. The van der Waals surface area contributed by atoms with Crippen molar-refractivity contribution in [3.05, 3.63) is 69.3 Å². The Balaban J connectivity index is 1.85. The SMILES string of the molecule is COCCn1c2c(sc1=Nc1ccccc1)Cc1cc(C(N)=O)ccc1-2. The summed E-state index contributed by atoms with van der Waals surface area (Å²) in [4.78, 5) is 18.5. The number of nitrogens with two attached hydrogens (primary N) is 1. The third-order valence-electron chi connectivity index (χ3n) is 4.48. The molecule has 3 aromatic rings. The van der Waals surface area contributed by atoms with Gasteiger partial charge in [0.15, 0.2) is 4.80 Å². The normalized spacial score (nSPS) is 12.9. The monoisotopic (exact) mass is 365 g/mol. The van der Waals surface area contributed by atoms with Crippen LogP contribution >= 0.6 is 11.3 Å². The predicted octanol–water partition coefficient (Wildman–Crippen LogP) is 3.10. The van der Waals surface area contributed by atoms with Crippen LogP contribution in [-0.2, 0) is 17.7 Å². The van der Waals surface area contributed by atoms with Gasteiger partial charge in [-0.05, 0) is 29.8 Å². The fraction of sp³-hybridized carbons (Fsp3) is 0.200. The molecular weight excluding hydrogens is 346 g/mol. The fourth-order valence-electron chi connectivity index (χ4n) is 3.26. The van der Waals surface area contributed by atoms with Crippen LogP contribution in [0.5, 0.6) is 0 Å². The molecule has 0 saturated heterocycles. The van der Waals surface area contributed by atoms with Gasteiger partial charge in [0.1, 0.15) is 0 Å². The quantitative estimate of drug-likeness (QED) is 0.590. The standard InChI is InChI=1S/C20H19N3O2S/c1-25-10-9-23-18-16-8-7-13(19(21)24)11-14(16)12-17(18)26-20(23)22-15-5-3-2-4-6-15/h2-8,11H,9-10,12H2,1H3,(H2,21,24). The number of nitrogens with zero attached hydrogens (tertiary/aromatic N) is 2. The molecule has 2 aromatic carbocycles. The predicted molar refractivity (Wildman–Crippen MR) is 103 cm³/mol. The van der Waals surface area contributed by atoms with E-state index in [4.69, 9.17) is 15.5 Å². The Bertz CT molecular complexity index is 1030. The highest BCUT2D eigenvalue weighted by atomic mass is 32.1. The van der Waals surface area contributed by atoms with Gasteiger partial charge in [0, 0.05) is 36.1 Å². The number of para-hydroxylation sites is 1. The first kappa shape index (κ1) is 16.8. The Labute approximate surface area is 155 Å². The van der Waals surface area contributed by atoms with Crippen molar-refractivity contribution in [2.24, 2.45) is 10.7 Å². The maximum Gasteiger partial charge on any atom is 0.248 e. The summed E-state index contributed by atoms with van der Waals surface area (Å²) in [6.45, 7) is 1.34. The average molecular weight is 365 g/mol. The summed E-state index contributed by atoms with van der Waals surface area (Å²) in [6, 6.07) is 15.6. The summed E-state index contributed by atoms with van der Waals surface area (Å²) in [7, 11) is 1.70.